The van der Waals surface area contributed by atoms with Crippen molar-refractivity contribution in [3.05, 3.63) is 35.7 Å². The summed E-state index contributed by atoms with van der Waals surface area (Å²) in [5.41, 5.74) is 9.76. The minimum Gasteiger partial charge on any atom is -0.321 e. The molecule has 0 radical (unpaired) electrons. The summed E-state index contributed by atoms with van der Waals surface area (Å²) in [5, 5.41) is 0. The van der Waals surface area contributed by atoms with Crippen molar-refractivity contribution in [3.63, 3.8) is 0 Å². The van der Waals surface area contributed by atoms with Gasteiger partial charge in [0.25, 0.3) is 0 Å². The van der Waals surface area contributed by atoms with E-state index in [9.17, 15) is 0 Å². The van der Waals surface area contributed by atoms with E-state index < -0.39 is 0 Å². The molecule has 0 saturated heterocycles. The zero-order chi connectivity index (χ0) is 11.6. The van der Waals surface area contributed by atoms with Crippen LogP contribution >= 0.6 is 11.3 Å². The van der Waals surface area contributed by atoms with Crippen molar-refractivity contribution in [2.45, 2.75) is 25.3 Å². The van der Waals surface area contributed by atoms with Gasteiger partial charge in [-0.2, -0.15) is 0 Å². The van der Waals surface area contributed by atoms with Crippen LogP contribution in [0.3, 0.4) is 0 Å². The van der Waals surface area contributed by atoms with Gasteiger partial charge < -0.3 is 5.73 Å². The van der Waals surface area contributed by atoms with Crippen LogP contribution in [0.5, 0.6) is 0 Å². The van der Waals surface area contributed by atoms with E-state index in [2.05, 4.69) is 33.8 Å². The second-order valence-electron chi connectivity index (χ2n) is 4.98. The van der Waals surface area contributed by atoms with Crippen molar-refractivity contribution in [3.8, 4) is 0 Å². The Hall–Kier alpha value is -1.39. The number of thiazole rings is 1. The number of aryl methyl sites for hydroxylation is 1. The van der Waals surface area contributed by atoms with Gasteiger partial charge in [0.15, 0.2) is 4.96 Å². The average molecular weight is 243 g/mol. The third-order valence-electron chi connectivity index (χ3n) is 3.58. The highest BCUT2D eigenvalue weighted by molar-refractivity contribution is 7.23. The zero-order valence-electron chi connectivity index (χ0n) is 9.60. The lowest BCUT2D eigenvalue weighted by Gasteiger charge is -2.08. The van der Waals surface area contributed by atoms with Crippen LogP contribution in [0.25, 0.3) is 15.2 Å². The SMILES string of the molecule is Cc1cn2c(n1)sc1cc(C3(N)CC3)ccc12. The van der Waals surface area contributed by atoms with Crippen molar-refractivity contribution >= 4 is 26.5 Å². The van der Waals surface area contributed by atoms with E-state index >= 15 is 0 Å². The molecule has 4 rings (SSSR count). The molecule has 0 spiro atoms. The maximum absolute atomic E-state index is 6.23. The molecule has 1 aliphatic carbocycles. The highest BCUT2D eigenvalue weighted by Gasteiger charge is 2.40. The Kier molecular flexibility index (Phi) is 1.63. The number of benzene rings is 1. The van der Waals surface area contributed by atoms with Crippen LogP contribution in [0.15, 0.2) is 24.4 Å². The van der Waals surface area contributed by atoms with Gasteiger partial charge in [-0.25, -0.2) is 4.98 Å². The molecule has 17 heavy (non-hydrogen) atoms. The predicted octanol–water partition coefficient (Wildman–Crippen LogP) is 2.81. The molecule has 1 fully saturated rings. The van der Waals surface area contributed by atoms with E-state index in [1.807, 2.05) is 6.92 Å². The number of aromatic nitrogens is 2. The maximum atomic E-state index is 6.23. The first kappa shape index (κ1) is 9.62. The highest BCUT2D eigenvalue weighted by atomic mass is 32.1. The summed E-state index contributed by atoms with van der Waals surface area (Å²) in [6.07, 6.45) is 4.31. The number of nitrogens with two attached hydrogens (primary N) is 1. The molecule has 0 bridgehead atoms. The molecule has 2 heterocycles. The summed E-state index contributed by atoms with van der Waals surface area (Å²) in [7, 11) is 0. The largest absolute Gasteiger partial charge is 0.321 e. The van der Waals surface area contributed by atoms with Gasteiger partial charge in [-0.05, 0) is 37.5 Å². The molecule has 3 nitrogen and oxygen atoms in total. The fourth-order valence-corrected chi connectivity index (χ4v) is 3.44. The number of rotatable bonds is 1. The summed E-state index contributed by atoms with van der Waals surface area (Å²) in [5.74, 6) is 0. The van der Waals surface area contributed by atoms with Crippen LogP contribution in [0.4, 0.5) is 0 Å². The Balaban J connectivity index is 2.01. The number of imidazole rings is 1. The van der Waals surface area contributed by atoms with Gasteiger partial charge in [0.2, 0.25) is 0 Å². The van der Waals surface area contributed by atoms with Gasteiger partial charge in [0.05, 0.1) is 15.9 Å². The Morgan fingerprint density at radius 3 is 3.00 bits per heavy atom. The van der Waals surface area contributed by atoms with E-state index in [-0.39, 0.29) is 5.54 Å². The molecule has 1 aliphatic rings. The molecule has 2 N–H and O–H groups in total. The lowest BCUT2D eigenvalue weighted by atomic mass is 10.1. The Labute approximate surface area is 103 Å². The molecule has 1 saturated carbocycles. The van der Waals surface area contributed by atoms with Gasteiger partial charge in [-0.3, -0.25) is 4.40 Å². The zero-order valence-corrected chi connectivity index (χ0v) is 10.4. The minimum atomic E-state index is -0.0454. The van der Waals surface area contributed by atoms with Crippen molar-refractivity contribution in [1.82, 2.24) is 9.38 Å². The number of nitrogens with zero attached hydrogens (tertiary/aromatic N) is 2. The quantitative estimate of drug-likeness (QED) is 0.714. The fourth-order valence-electron chi connectivity index (χ4n) is 2.35. The Morgan fingerprint density at radius 1 is 1.41 bits per heavy atom. The van der Waals surface area contributed by atoms with Gasteiger partial charge in [-0.15, -0.1) is 0 Å². The van der Waals surface area contributed by atoms with Crippen LogP contribution in [-0.4, -0.2) is 9.38 Å². The van der Waals surface area contributed by atoms with E-state index in [1.54, 1.807) is 11.3 Å². The smallest absolute Gasteiger partial charge is 0.194 e. The summed E-state index contributed by atoms with van der Waals surface area (Å²) in [4.78, 5) is 5.57. The number of hydrogen-bond donors (Lipinski definition) is 1. The van der Waals surface area contributed by atoms with Gasteiger partial charge in [-0.1, -0.05) is 17.4 Å². The molecular formula is C13H13N3S. The Bertz CT molecular complexity index is 734. The maximum Gasteiger partial charge on any atom is 0.194 e. The number of fused-ring (bicyclic) bond motifs is 3. The van der Waals surface area contributed by atoms with Crippen LogP contribution < -0.4 is 5.73 Å². The second kappa shape index (κ2) is 2.89. The highest BCUT2D eigenvalue weighted by Crippen LogP contribution is 2.44. The molecule has 4 heteroatoms. The molecular weight excluding hydrogens is 230 g/mol. The molecule has 0 atom stereocenters. The third-order valence-corrected chi connectivity index (χ3v) is 4.60. The van der Waals surface area contributed by atoms with E-state index in [1.165, 1.54) is 15.8 Å². The fraction of sp³-hybridized carbons (Fsp3) is 0.308. The van der Waals surface area contributed by atoms with Crippen molar-refractivity contribution in [1.29, 1.82) is 0 Å². The van der Waals surface area contributed by atoms with Crippen molar-refractivity contribution in [2.75, 3.05) is 0 Å². The first-order valence-corrected chi connectivity index (χ1v) is 6.65. The monoisotopic (exact) mass is 243 g/mol. The molecule has 0 amide bonds. The van der Waals surface area contributed by atoms with Crippen LogP contribution in [0.1, 0.15) is 24.1 Å². The molecule has 86 valence electrons. The van der Waals surface area contributed by atoms with E-state index in [4.69, 9.17) is 5.73 Å². The molecule has 0 unspecified atom stereocenters. The minimum absolute atomic E-state index is 0.0454. The van der Waals surface area contributed by atoms with Crippen LogP contribution in [-0.2, 0) is 5.54 Å². The second-order valence-corrected chi connectivity index (χ2v) is 5.98. The van der Waals surface area contributed by atoms with Gasteiger partial charge in [0.1, 0.15) is 0 Å². The number of hydrogen-bond acceptors (Lipinski definition) is 3. The first-order valence-electron chi connectivity index (χ1n) is 5.83. The Morgan fingerprint density at radius 2 is 2.24 bits per heavy atom. The van der Waals surface area contributed by atoms with Gasteiger partial charge >= 0.3 is 0 Å². The average Bonchev–Trinajstić information content (AvgIpc) is 2.81. The van der Waals surface area contributed by atoms with Crippen LogP contribution in [0, 0.1) is 6.92 Å². The molecule has 1 aromatic carbocycles. The van der Waals surface area contributed by atoms with Gasteiger partial charge in [0, 0.05) is 11.7 Å². The topological polar surface area (TPSA) is 43.3 Å². The first-order chi connectivity index (χ1) is 8.16. The van der Waals surface area contributed by atoms with E-state index in [0.29, 0.717) is 0 Å². The molecule has 3 aromatic rings. The van der Waals surface area contributed by atoms with Crippen molar-refractivity contribution in [2.24, 2.45) is 5.73 Å². The molecule has 2 aromatic heterocycles. The lowest BCUT2D eigenvalue weighted by Crippen LogP contribution is -2.18. The third kappa shape index (κ3) is 1.28. The standard InChI is InChI=1S/C13H13N3S/c1-8-7-16-10-3-2-9(13(14)4-5-13)6-11(10)17-12(16)15-8/h2-3,6-7H,4-5,14H2,1H3. The lowest BCUT2D eigenvalue weighted by molar-refractivity contribution is 0.741. The summed E-state index contributed by atoms with van der Waals surface area (Å²) >= 11 is 1.74. The molecule has 0 aliphatic heterocycles. The van der Waals surface area contributed by atoms with Crippen LogP contribution in [0.2, 0.25) is 0 Å². The summed E-state index contributed by atoms with van der Waals surface area (Å²) < 4.78 is 3.44. The van der Waals surface area contributed by atoms with Crippen molar-refractivity contribution < 1.29 is 0 Å². The normalized spacial score (nSPS) is 18.0. The van der Waals surface area contributed by atoms with E-state index in [0.717, 1.165) is 23.5 Å². The summed E-state index contributed by atoms with van der Waals surface area (Å²) in [6.45, 7) is 2.03. The predicted molar refractivity (Wildman–Crippen MR) is 70.4 cm³/mol. The summed E-state index contributed by atoms with van der Waals surface area (Å²) in [6, 6.07) is 6.57.